The van der Waals surface area contributed by atoms with E-state index in [1.54, 1.807) is 0 Å². The van der Waals surface area contributed by atoms with E-state index < -0.39 is 0 Å². The number of amides is 1. The maximum Gasteiger partial charge on any atom is 0.222 e. The fourth-order valence-corrected chi connectivity index (χ4v) is 4.13. The standard InChI is InChI=1S/C18H34N2O/c19-13-7-2-1-6-12-18(21)20-14-8-11-17(20)15-16-9-4-3-5-10-16/h16-17H,1-15,19H2. The van der Waals surface area contributed by atoms with E-state index in [9.17, 15) is 4.79 Å². The highest BCUT2D eigenvalue weighted by molar-refractivity contribution is 5.76. The molecule has 3 heteroatoms. The number of rotatable bonds is 8. The molecule has 1 aliphatic heterocycles. The minimum Gasteiger partial charge on any atom is -0.340 e. The Bertz CT molecular complexity index is 300. The van der Waals surface area contributed by atoms with Gasteiger partial charge in [0.2, 0.25) is 5.91 Å². The van der Waals surface area contributed by atoms with Crippen molar-refractivity contribution in [1.82, 2.24) is 4.90 Å². The number of hydrogen-bond donors (Lipinski definition) is 1. The van der Waals surface area contributed by atoms with E-state index in [-0.39, 0.29) is 0 Å². The Hall–Kier alpha value is -0.570. The lowest BCUT2D eigenvalue weighted by Gasteiger charge is -2.30. The number of nitrogens with zero attached hydrogens (tertiary/aromatic N) is 1. The molecule has 1 unspecified atom stereocenters. The molecule has 1 saturated carbocycles. The molecule has 0 radical (unpaired) electrons. The van der Waals surface area contributed by atoms with E-state index in [1.165, 1.54) is 57.8 Å². The fourth-order valence-electron chi connectivity index (χ4n) is 4.13. The van der Waals surface area contributed by atoms with Gasteiger partial charge in [-0.05, 0) is 44.6 Å². The number of likely N-dealkylation sites (tertiary alicyclic amines) is 1. The van der Waals surface area contributed by atoms with Crippen molar-refractivity contribution >= 4 is 5.91 Å². The summed E-state index contributed by atoms with van der Waals surface area (Å²) < 4.78 is 0. The van der Waals surface area contributed by atoms with E-state index in [2.05, 4.69) is 4.90 Å². The molecule has 2 N–H and O–H groups in total. The predicted octanol–water partition coefficient (Wildman–Crippen LogP) is 3.86. The molecule has 2 aliphatic rings. The molecule has 1 aliphatic carbocycles. The van der Waals surface area contributed by atoms with Crippen LogP contribution in [-0.2, 0) is 4.79 Å². The summed E-state index contributed by atoms with van der Waals surface area (Å²) in [6.45, 7) is 1.79. The topological polar surface area (TPSA) is 46.3 Å². The minimum atomic E-state index is 0.418. The van der Waals surface area contributed by atoms with Crippen molar-refractivity contribution in [2.24, 2.45) is 11.7 Å². The fraction of sp³-hybridized carbons (Fsp3) is 0.944. The molecule has 3 nitrogen and oxygen atoms in total. The highest BCUT2D eigenvalue weighted by Gasteiger charge is 2.30. The maximum absolute atomic E-state index is 12.4. The summed E-state index contributed by atoms with van der Waals surface area (Å²) in [7, 11) is 0. The van der Waals surface area contributed by atoms with Gasteiger partial charge in [-0.15, -0.1) is 0 Å². The lowest BCUT2D eigenvalue weighted by molar-refractivity contribution is -0.132. The molecule has 21 heavy (non-hydrogen) atoms. The van der Waals surface area contributed by atoms with Gasteiger partial charge >= 0.3 is 0 Å². The molecule has 1 heterocycles. The van der Waals surface area contributed by atoms with Crippen LogP contribution in [0.25, 0.3) is 0 Å². The van der Waals surface area contributed by atoms with E-state index in [4.69, 9.17) is 5.73 Å². The maximum atomic E-state index is 12.4. The van der Waals surface area contributed by atoms with Crippen LogP contribution in [0.15, 0.2) is 0 Å². The van der Waals surface area contributed by atoms with Crippen molar-refractivity contribution in [3.8, 4) is 0 Å². The number of carbonyl (C=O) groups is 1. The molecule has 0 spiro atoms. The zero-order chi connectivity index (χ0) is 14.9. The average molecular weight is 294 g/mol. The van der Waals surface area contributed by atoms with Crippen LogP contribution in [0, 0.1) is 5.92 Å². The third-order valence-electron chi connectivity index (χ3n) is 5.37. The first-order valence-electron chi connectivity index (χ1n) is 9.31. The van der Waals surface area contributed by atoms with E-state index in [0.29, 0.717) is 11.9 Å². The number of nitrogens with two attached hydrogens (primary N) is 1. The SMILES string of the molecule is NCCCCCCC(=O)N1CCCC1CC1CCCCC1. The predicted molar refractivity (Wildman–Crippen MR) is 88.1 cm³/mol. The summed E-state index contributed by atoms with van der Waals surface area (Å²) in [4.78, 5) is 14.7. The largest absolute Gasteiger partial charge is 0.340 e. The van der Waals surface area contributed by atoms with Crippen LogP contribution >= 0.6 is 0 Å². The van der Waals surface area contributed by atoms with E-state index in [0.717, 1.165) is 44.7 Å². The van der Waals surface area contributed by atoms with Crippen molar-refractivity contribution in [2.75, 3.05) is 13.1 Å². The Balaban J connectivity index is 1.68. The van der Waals surface area contributed by atoms with Gasteiger partial charge < -0.3 is 10.6 Å². The lowest BCUT2D eigenvalue weighted by Crippen LogP contribution is -2.36. The summed E-state index contributed by atoms with van der Waals surface area (Å²) in [6.07, 6.45) is 16.0. The summed E-state index contributed by atoms with van der Waals surface area (Å²) in [6, 6.07) is 0.560. The molecule has 122 valence electrons. The molecule has 0 aromatic rings. The van der Waals surface area contributed by atoms with Crippen LogP contribution < -0.4 is 5.73 Å². The van der Waals surface area contributed by atoms with Crippen LogP contribution in [-0.4, -0.2) is 29.9 Å². The first-order chi connectivity index (χ1) is 10.3. The van der Waals surface area contributed by atoms with Gasteiger partial charge in [0.05, 0.1) is 0 Å². The summed E-state index contributed by atoms with van der Waals surface area (Å²) in [5.74, 6) is 1.31. The highest BCUT2D eigenvalue weighted by atomic mass is 16.2. The Morgan fingerprint density at radius 2 is 1.71 bits per heavy atom. The highest BCUT2D eigenvalue weighted by Crippen LogP contribution is 2.32. The zero-order valence-electron chi connectivity index (χ0n) is 13.7. The monoisotopic (exact) mass is 294 g/mol. The molecule has 2 rings (SSSR count). The molecular weight excluding hydrogens is 260 g/mol. The van der Waals surface area contributed by atoms with Crippen LogP contribution in [0.4, 0.5) is 0 Å². The van der Waals surface area contributed by atoms with E-state index in [1.807, 2.05) is 0 Å². The van der Waals surface area contributed by atoms with Crippen molar-refractivity contribution in [3.63, 3.8) is 0 Å². The van der Waals surface area contributed by atoms with Crippen LogP contribution in [0.2, 0.25) is 0 Å². The van der Waals surface area contributed by atoms with Gasteiger partial charge in [0, 0.05) is 19.0 Å². The van der Waals surface area contributed by atoms with E-state index >= 15 is 0 Å². The Kier molecular flexibility index (Phi) is 7.56. The second kappa shape index (κ2) is 9.45. The van der Waals surface area contributed by atoms with Gasteiger partial charge in [0.1, 0.15) is 0 Å². The normalized spacial score (nSPS) is 23.7. The molecule has 2 fully saturated rings. The van der Waals surface area contributed by atoms with Crippen LogP contribution in [0.5, 0.6) is 0 Å². The summed E-state index contributed by atoms with van der Waals surface area (Å²) >= 11 is 0. The van der Waals surface area contributed by atoms with Gasteiger partial charge in [0.25, 0.3) is 0 Å². The number of carbonyl (C=O) groups excluding carboxylic acids is 1. The zero-order valence-corrected chi connectivity index (χ0v) is 13.7. The first kappa shape index (κ1) is 16.8. The average Bonchev–Trinajstić information content (AvgIpc) is 2.96. The van der Waals surface area contributed by atoms with Crippen LogP contribution in [0.1, 0.15) is 83.5 Å². The minimum absolute atomic E-state index is 0.418. The van der Waals surface area contributed by atoms with Crippen molar-refractivity contribution in [2.45, 2.75) is 89.5 Å². The number of unbranched alkanes of at least 4 members (excludes halogenated alkanes) is 3. The molecule has 1 atom stereocenters. The van der Waals surface area contributed by atoms with Gasteiger partial charge in [-0.1, -0.05) is 44.9 Å². The third-order valence-corrected chi connectivity index (χ3v) is 5.37. The summed E-state index contributed by atoms with van der Waals surface area (Å²) in [5, 5.41) is 0. The second-order valence-corrected chi connectivity index (χ2v) is 7.08. The molecule has 0 aromatic heterocycles. The van der Waals surface area contributed by atoms with Gasteiger partial charge in [-0.25, -0.2) is 0 Å². The smallest absolute Gasteiger partial charge is 0.222 e. The molecule has 0 aromatic carbocycles. The third kappa shape index (κ3) is 5.61. The Labute approximate surface area is 130 Å². The summed E-state index contributed by atoms with van der Waals surface area (Å²) in [5.41, 5.74) is 5.50. The first-order valence-corrected chi connectivity index (χ1v) is 9.31. The quantitative estimate of drug-likeness (QED) is 0.691. The Morgan fingerprint density at radius 3 is 2.48 bits per heavy atom. The lowest BCUT2D eigenvalue weighted by atomic mass is 9.84. The number of hydrogen-bond acceptors (Lipinski definition) is 2. The van der Waals surface area contributed by atoms with Crippen molar-refractivity contribution < 1.29 is 4.79 Å². The van der Waals surface area contributed by atoms with Gasteiger partial charge in [-0.3, -0.25) is 4.79 Å². The van der Waals surface area contributed by atoms with Gasteiger partial charge in [-0.2, -0.15) is 0 Å². The molecular formula is C18H34N2O. The van der Waals surface area contributed by atoms with Crippen LogP contribution in [0.3, 0.4) is 0 Å². The Morgan fingerprint density at radius 1 is 0.952 bits per heavy atom. The molecule has 1 amide bonds. The molecule has 0 bridgehead atoms. The van der Waals surface area contributed by atoms with Crippen molar-refractivity contribution in [1.29, 1.82) is 0 Å². The van der Waals surface area contributed by atoms with Crippen molar-refractivity contribution in [3.05, 3.63) is 0 Å². The molecule has 1 saturated heterocycles. The second-order valence-electron chi connectivity index (χ2n) is 7.08. The van der Waals surface area contributed by atoms with Gasteiger partial charge in [0.15, 0.2) is 0 Å².